The third-order valence-electron chi connectivity index (χ3n) is 1.87. The number of amides is 1. The Morgan fingerprint density at radius 2 is 2.29 bits per heavy atom. The van der Waals surface area contributed by atoms with E-state index in [0.717, 1.165) is 18.2 Å². The Morgan fingerprint density at radius 1 is 1.59 bits per heavy atom. The third kappa shape index (κ3) is 3.80. The quantitative estimate of drug-likeness (QED) is 0.629. The SMILES string of the molecule is CCOCC(=O)Nc1ccc([N+](=O)[O-])cc1F. The zero-order valence-corrected chi connectivity index (χ0v) is 9.10. The number of rotatable bonds is 5. The molecule has 0 atom stereocenters. The number of hydrogen-bond donors (Lipinski definition) is 1. The van der Waals surface area contributed by atoms with Gasteiger partial charge < -0.3 is 10.1 Å². The summed E-state index contributed by atoms with van der Waals surface area (Å²) < 4.78 is 18.2. The molecule has 6 nitrogen and oxygen atoms in total. The number of nitro groups is 1. The van der Waals surface area contributed by atoms with Gasteiger partial charge in [0, 0.05) is 12.7 Å². The van der Waals surface area contributed by atoms with E-state index in [1.54, 1.807) is 6.92 Å². The number of carbonyl (C=O) groups excluding carboxylic acids is 1. The monoisotopic (exact) mass is 242 g/mol. The average molecular weight is 242 g/mol. The summed E-state index contributed by atoms with van der Waals surface area (Å²) in [4.78, 5) is 20.9. The van der Waals surface area contributed by atoms with Gasteiger partial charge in [-0.15, -0.1) is 0 Å². The fourth-order valence-electron chi connectivity index (χ4n) is 1.10. The van der Waals surface area contributed by atoms with Gasteiger partial charge in [-0.05, 0) is 13.0 Å². The average Bonchev–Trinajstić information content (AvgIpc) is 2.28. The lowest BCUT2D eigenvalue weighted by molar-refractivity contribution is -0.385. The molecule has 0 saturated carbocycles. The number of non-ortho nitro benzene ring substituents is 1. The fraction of sp³-hybridized carbons (Fsp3) is 0.300. The van der Waals surface area contributed by atoms with E-state index >= 15 is 0 Å². The number of anilines is 1. The minimum Gasteiger partial charge on any atom is -0.372 e. The highest BCUT2D eigenvalue weighted by Crippen LogP contribution is 2.20. The van der Waals surface area contributed by atoms with Crippen LogP contribution in [-0.2, 0) is 9.53 Å². The van der Waals surface area contributed by atoms with Crippen molar-refractivity contribution in [1.29, 1.82) is 0 Å². The van der Waals surface area contributed by atoms with Crippen molar-refractivity contribution in [3.63, 3.8) is 0 Å². The molecule has 1 aromatic rings. The van der Waals surface area contributed by atoms with Gasteiger partial charge in [-0.2, -0.15) is 0 Å². The number of carbonyl (C=O) groups is 1. The van der Waals surface area contributed by atoms with Crippen LogP contribution in [0.2, 0.25) is 0 Å². The molecule has 0 aromatic heterocycles. The van der Waals surface area contributed by atoms with Crippen LogP contribution in [0.15, 0.2) is 18.2 Å². The first-order chi connectivity index (χ1) is 8.04. The van der Waals surface area contributed by atoms with Gasteiger partial charge in [0.1, 0.15) is 6.61 Å². The van der Waals surface area contributed by atoms with Crippen molar-refractivity contribution in [2.45, 2.75) is 6.92 Å². The van der Waals surface area contributed by atoms with Crippen LogP contribution >= 0.6 is 0 Å². The molecule has 1 amide bonds. The van der Waals surface area contributed by atoms with E-state index in [4.69, 9.17) is 4.74 Å². The molecule has 0 fully saturated rings. The van der Waals surface area contributed by atoms with E-state index in [2.05, 4.69) is 5.32 Å². The smallest absolute Gasteiger partial charge is 0.272 e. The van der Waals surface area contributed by atoms with Gasteiger partial charge >= 0.3 is 0 Å². The minimum atomic E-state index is -0.857. The molecule has 0 heterocycles. The molecular weight excluding hydrogens is 231 g/mol. The normalized spacial score (nSPS) is 10.0. The van der Waals surface area contributed by atoms with Crippen LogP contribution in [0.3, 0.4) is 0 Å². The van der Waals surface area contributed by atoms with Gasteiger partial charge in [0.2, 0.25) is 5.91 Å². The standard InChI is InChI=1S/C10H11FN2O4/c1-2-17-6-10(14)12-9-4-3-7(13(15)16)5-8(9)11/h3-5H,2,6H2,1H3,(H,12,14). The molecule has 1 N–H and O–H groups in total. The maximum absolute atomic E-state index is 13.3. The number of nitrogens with zero attached hydrogens (tertiary/aromatic N) is 1. The Kier molecular flexibility index (Phi) is 4.53. The van der Waals surface area contributed by atoms with Crippen molar-refractivity contribution in [2.75, 3.05) is 18.5 Å². The lowest BCUT2D eigenvalue weighted by Crippen LogP contribution is -2.18. The van der Waals surface area contributed by atoms with E-state index in [0.29, 0.717) is 6.61 Å². The Morgan fingerprint density at radius 3 is 2.82 bits per heavy atom. The molecule has 17 heavy (non-hydrogen) atoms. The molecule has 0 unspecified atom stereocenters. The Bertz CT molecular complexity index is 436. The summed E-state index contributed by atoms with van der Waals surface area (Å²) in [6.45, 7) is 1.91. The van der Waals surface area contributed by atoms with E-state index in [9.17, 15) is 19.3 Å². The molecule has 0 bridgehead atoms. The topological polar surface area (TPSA) is 81.5 Å². The van der Waals surface area contributed by atoms with Gasteiger partial charge in [0.15, 0.2) is 5.82 Å². The van der Waals surface area contributed by atoms with Crippen LogP contribution < -0.4 is 5.32 Å². The number of halogens is 1. The second kappa shape index (κ2) is 5.90. The molecule has 0 aliphatic carbocycles. The highest BCUT2D eigenvalue weighted by atomic mass is 19.1. The fourth-order valence-corrected chi connectivity index (χ4v) is 1.10. The largest absolute Gasteiger partial charge is 0.372 e. The number of ether oxygens (including phenoxy) is 1. The molecule has 0 spiro atoms. The lowest BCUT2D eigenvalue weighted by Gasteiger charge is -2.05. The number of hydrogen-bond acceptors (Lipinski definition) is 4. The van der Waals surface area contributed by atoms with Crippen molar-refractivity contribution in [3.8, 4) is 0 Å². The predicted octanol–water partition coefficient (Wildman–Crippen LogP) is 1.71. The molecular formula is C10H11FN2O4. The molecule has 7 heteroatoms. The second-order valence-corrected chi connectivity index (χ2v) is 3.11. The summed E-state index contributed by atoms with van der Waals surface area (Å²) in [7, 11) is 0. The zero-order chi connectivity index (χ0) is 12.8. The minimum absolute atomic E-state index is 0.111. The summed E-state index contributed by atoms with van der Waals surface area (Å²) in [5.74, 6) is -1.37. The van der Waals surface area contributed by atoms with E-state index in [1.807, 2.05) is 0 Å². The van der Waals surface area contributed by atoms with Crippen molar-refractivity contribution in [1.82, 2.24) is 0 Å². The molecule has 0 radical (unpaired) electrons. The summed E-state index contributed by atoms with van der Waals surface area (Å²) in [5, 5.41) is 12.6. The second-order valence-electron chi connectivity index (χ2n) is 3.11. The van der Waals surface area contributed by atoms with E-state index in [1.165, 1.54) is 0 Å². The van der Waals surface area contributed by atoms with Crippen LogP contribution in [0, 0.1) is 15.9 Å². The number of nitrogens with one attached hydrogen (secondary N) is 1. The zero-order valence-electron chi connectivity index (χ0n) is 9.10. The van der Waals surface area contributed by atoms with Gasteiger partial charge in [-0.25, -0.2) is 4.39 Å². The maximum Gasteiger partial charge on any atom is 0.272 e. The van der Waals surface area contributed by atoms with Gasteiger partial charge in [0.25, 0.3) is 5.69 Å². The molecule has 1 rings (SSSR count). The Labute approximate surface area is 96.5 Å². The molecule has 0 aliphatic heterocycles. The van der Waals surface area contributed by atoms with Gasteiger partial charge in [0.05, 0.1) is 16.7 Å². The van der Waals surface area contributed by atoms with Crippen molar-refractivity contribution in [3.05, 3.63) is 34.1 Å². The number of nitro benzene ring substituents is 1. The molecule has 0 saturated heterocycles. The summed E-state index contributed by atoms with van der Waals surface area (Å²) >= 11 is 0. The van der Waals surface area contributed by atoms with Crippen LogP contribution in [0.25, 0.3) is 0 Å². The van der Waals surface area contributed by atoms with Crippen LogP contribution in [0.4, 0.5) is 15.8 Å². The first-order valence-electron chi connectivity index (χ1n) is 4.86. The Balaban J connectivity index is 2.72. The van der Waals surface area contributed by atoms with Gasteiger partial charge in [-0.3, -0.25) is 14.9 Å². The van der Waals surface area contributed by atoms with Crippen molar-refractivity contribution >= 4 is 17.3 Å². The molecule has 1 aromatic carbocycles. The third-order valence-corrected chi connectivity index (χ3v) is 1.87. The highest BCUT2D eigenvalue weighted by molar-refractivity contribution is 5.91. The van der Waals surface area contributed by atoms with E-state index in [-0.39, 0.29) is 18.0 Å². The summed E-state index contributed by atoms with van der Waals surface area (Å²) in [5.41, 5.74) is -0.481. The number of benzene rings is 1. The summed E-state index contributed by atoms with van der Waals surface area (Å²) in [6, 6.07) is 2.99. The van der Waals surface area contributed by atoms with Crippen LogP contribution in [0.5, 0.6) is 0 Å². The predicted molar refractivity (Wildman–Crippen MR) is 58.2 cm³/mol. The molecule has 92 valence electrons. The first-order valence-corrected chi connectivity index (χ1v) is 4.86. The van der Waals surface area contributed by atoms with Crippen LogP contribution in [0.1, 0.15) is 6.92 Å². The maximum atomic E-state index is 13.3. The van der Waals surface area contributed by atoms with Crippen molar-refractivity contribution in [2.24, 2.45) is 0 Å². The highest BCUT2D eigenvalue weighted by Gasteiger charge is 2.12. The molecule has 0 aliphatic rings. The van der Waals surface area contributed by atoms with Crippen molar-refractivity contribution < 1.29 is 18.8 Å². The van der Waals surface area contributed by atoms with Crippen LogP contribution in [-0.4, -0.2) is 24.0 Å². The first kappa shape index (κ1) is 13.0. The van der Waals surface area contributed by atoms with E-state index < -0.39 is 16.6 Å². The lowest BCUT2D eigenvalue weighted by atomic mass is 10.2. The summed E-state index contributed by atoms with van der Waals surface area (Å²) in [6.07, 6.45) is 0. The van der Waals surface area contributed by atoms with Gasteiger partial charge in [-0.1, -0.05) is 0 Å². The Hall–Kier alpha value is -2.02.